The van der Waals surface area contributed by atoms with Crippen LogP contribution in [0.15, 0.2) is 66.7 Å². The molecule has 1 aliphatic rings. The van der Waals surface area contributed by atoms with Crippen LogP contribution < -0.4 is 10.1 Å². The van der Waals surface area contributed by atoms with Crippen LogP contribution in [-0.4, -0.2) is 18.4 Å². The maximum Gasteiger partial charge on any atom is 0.129 e. The van der Waals surface area contributed by atoms with Gasteiger partial charge in [0.05, 0.1) is 12.6 Å². The van der Waals surface area contributed by atoms with Gasteiger partial charge in [0.25, 0.3) is 0 Å². The van der Waals surface area contributed by atoms with Crippen LogP contribution in [0.4, 0.5) is 10.1 Å². The van der Waals surface area contributed by atoms with Gasteiger partial charge in [0.2, 0.25) is 0 Å². The lowest BCUT2D eigenvalue weighted by atomic mass is 9.85. The minimum atomic E-state index is -0.290. The van der Waals surface area contributed by atoms with Gasteiger partial charge in [0.15, 0.2) is 0 Å². The average molecular weight is 448 g/mol. The fraction of sp³-hybridized carbons (Fsp3) is 0.286. The van der Waals surface area contributed by atoms with E-state index in [0.29, 0.717) is 5.75 Å². The topological polar surface area (TPSA) is 21.3 Å². The van der Waals surface area contributed by atoms with Crippen molar-refractivity contribution in [1.82, 2.24) is 0 Å². The summed E-state index contributed by atoms with van der Waals surface area (Å²) in [6, 6.07) is 19.7. The first kappa shape index (κ1) is 22.5. The number of rotatable bonds is 7. The molecule has 0 amide bonds. The Hall–Kier alpha value is -2.72. The number of ether oxygens (including phenoxy) is 1. The summed E-state index contributed by atoms with van der Waals surface area (Å²) in [6.45, 7) is 6.56. The number of methoxy groups -OCH3 is 1. The molecule has 0 fully saturated rings. The molecular formula is C28H30FNOS. The molecule has 0 saturated carbocycles. The molecule has 1 aliphatic heterocycles. The van der Waals surface area contributed by atoms with Crippen molar-refractivity contribution >= 4 is 23.0 Å². The fourth-order valence-corrected chi connectivity index (χ4v) is 5.53. The molecule has 3 aromatic carbocycles. The second kappa shape index (κ2) is 9.41. The first-order valence-corrected chi connectivity index (χ1v) is 12.1. The van der Waals surface area contributed by atoms with Crippen LogP contribution in [0.25, 0.3) is 16.7 Å². The summed E-state index contributed by atoms with van der Waals surface area (Å²) in [6.07, 6.45) is 3.33. The quantitative estimate of drug-likeness (QED) is 0.377. The van der Waals surface area contributed by atoms with Crippen LogP contribution in [0, 0.1) is 5.82 Å². The second-order valence-electron chi connectivity index (χ2n) is 8.82. The van der Waals surface area contributed by atoms with Gasteiger partial charge < -0.3 is 10.1 Å². The third-order valence-corrected chi connectivity index (χ3v) is 6.81. The van der Waals surface area contributed by atoms with Gasteiger partial charge in [0.1, 0.15) is 11.6 Å². The van der Waals surface area contributed by atoms with E-state index >= 15 is 0 Å². The Bertz CT molecular complexity index is 1140. The number of thioether (sulfide) groups is 1. The van der Waals surface area contributed by atoms with Crippen LogP contribution >= 0.6 is 11.8 Å². The number of anilines is 1. The van der Waals surface area contributed by atoms with Crippen LogP contribution in [0.2, 0.25) is 0 Å². The molecule has 3 aromatic rings. The van der Waals surface area contributed by atoms with E-state index in [-0.39, 0.29) is 11.4 Å². The predicted molar refractivity (Wildman–Crippen MR) is 136 cm³/mol. The third-order valence-electron chi connectivity index (χ3n) is 5.82. The van der Waals surface area contributed by atoms with Gasteiger partial charge in [-0.2, -0.15) is 11.8 Å². The summed E-state index contributed by atoms with van der Waals surface area (Å²) >= 11 is 1.93. The van der Waals surface area contributed by atoms with Gasteiger partial charge in [-0.25, -0.2) is 4.39 Å². The van der Waals surface area contributed by atoms with E-state index in [0.717, 1.165) is 34.7 Å². The Morgan fingerprint density at radius 1 is 1.00 bits per heavy atom. The number of allylic oxidation sites excluding steroid dienone is 1. The molecular weight excluding hydrogens is 417 g/mol. The van der Waals surface area contributed by atoms with E-state index < -0.39 is 0 Å². The van der Waals surface area contributed by atoms with Gasteiger partial charge in [-0.1, -0.05) is 42.5 Å². The van der Waals surface area contributed by atoms with Crippen molar-refractivity contribution in [1.29, 1.82) is 0 Å². The zero-order valence-corrected chi connectivity index (χ0v) is 20.0. The van der Waals surface area contributed by atoms with Crippen LogP contribution in [0.3, 0.4) is 0 Å². The molecule has 0 saturated heterocycles. The first-order valence-electron chi connectivity index (χ1n) is 11.0. The minimum Gasteiger partial charge on any atom is -0.496 e. The molecule has 2 nitrogen and oxygen atoms in total. The summed E-state index contributed by atoms with van der Waals surface area (Å²) in [7, 11) is 1.60. The lowest BCUT2D eigenvalue weighted by Gasteiger charge is -2.33. The standard InChI is InChI=1S/C28H30FNOS/c1-19-17-28(2,3)30-25-13-12-22(23-11-10-21(29)16-26(23)31-4)24(27(19)25)18-32-15-14-20-8-6-5-7-9-20/h5-13,16-17,30H,14-15,18H2,1-4H3. The molecule has 4 rings (SSSR count). The monoisotopic (exact) mass is 447 g/mol. The predicted octanol–water partition coefficient (Wildman–Crippen LogP) is 7.58. The molecule has 0 atom stereocenters. The van der Waals surface area contributed by atoms with Gasteiger partial charge in [-0.3, -0.25) is 0 Å². The highest BCUT2D eigenvalue weighted by Crippen LogP contribution is 2.43. The van der Waals surface area contributed by atoms with Crippen molar-refractivity contribution < 1.29 is 9.13 Å². The number of hydrogen-bond acceptors (Lipinski definition) is 3. The number of aryl methyl sites for hydroxylation is 1. The normalized spacial score (nSPS) is 14.3. The molecule has 4 heteroatoms. The van der Waals surface area contributed by atoms with E-state index in [1.54, 1.807) is 7.11 Å². The second-order valence-corrected chi connectivity index (χ2v) is 9.93. The zero-order valence-electron chi connectivity index (χ0n) is 19.2. The Labute approximate surface area is 194 Å². The molecule has 1 N–H and O–H groups in total. The highest BCUT2D eigenvalue weighted by atomic mass is 32.2. The smallest absolute Gasteiger partial charge is 0.129 e. The highest BCUT2D eigenvalue weighted by Gasteiger charge is 2.26. The van der Waals surface area contributed by atoms with Gasteiger partial charge >= 0.3 is 0 Å². The van der Waals surface area contributed by atoms with E-state index in [1.165, 1.54) is 34.4 Å². The Morgan fingerprint density at radius 3 is 2.50 bits per heavy atom. The zero-order chi connectivity index (χ0) is 22.7. The molecule has 0 aliphatic carbocycles. The highest BCUT2D eigenvalue weighted by molar-refractivity contribution is 7.98. The minimum absolute atomic E-state index is 0.0934. The van der Waals surface area contributed by atoms with Gasteiger partial charge in [-0.05, 0) is 73.4 Å². The maximum atomic E-state index is 13.9. The summed E-state index contributed by atoms with van der Waals surface area (Å²) in [5.41, 5.74) is 8.22. The number of fused-ring (bicyclic) bond motifs is 1. The molecule has 0 bridgehead atoms. The first-order chi connectivity index (χ1) is 15.4. The summed E-state index contributed by atoms with van der Waals surface area (Å²) in [5, 5.41) is 3.66. The lowest BCUT2D eigenvalue weighted by Crippen LogP contribution is -2.31. The van der Waals surface area contributed by atoms with E-state index in [9.17, 15) is 4.39 Å². The number of nitrogens with one attached hydrogen (secondary N) is 1. The number of benzene rings is 3. The Morgan fingerprint density at radius 2 is 1.75 bits per heavy atom. The molecule has 0 radical (unpaired) electrons. The number of hydrogen-bond donors (Lipinski definition) is 1. The van der Waals surface area contributed by atoms with E-state index in [1.807, 2.05) is 17.8 Å². The SMILES string of the molecule is COc1cc(F)ccc1-c1ccc2c(c1CSCCc1ccccc1)C(C)=CC(C)(C)N2. The fourth-order valence-electron chi connectivity index (χ4n) is 4.50. The van der Waals surface area contributed by atoms with Gasteiger partial charge in [-0.15, -0.1) is 0 Å². The van der Waals surface area contributed by atoms with Crippen LogP contribution in [-0.2, 0) is 12.2 Å². The van der Waals surface area contributed by atoms with E-state index in [4.69, 9.17) is 4.74 Å². The van der Waals surface area contributed by atoms with Crippen molar-refractivity contribution in [2.75, 3.05) is 18.2 Å². The average Bonchev–Trinajstić information content (AvgIpc) is 2.76. The van der Waals surface area contributed by atoms with Crippen LogP contribution in [0.1, 0.15) is 37.5 Å². The molecule has 166 valence electrons. The van der Waals surface area contributed by atoms with Crippen LogP contribution in [0.5, 0.6) is 5.75 Å². The third kappa shape index (κ3) is 4.86. The molecule has 32 heavy (non-hydrogen) atoms. The maximum absolute atomic E-state index is 13.9. The van der Waals surface area contributed by atoms with E-state index in [2.05, 4.69) is 74.6 Å². The Balaban J connectivity index is 1.71. The lowest BCUT2D eigenvalue weighted by molar-refractivity contribution is 0.413. The van der Waals surface area contributed by atoms with Crippen molar-refractivity contribution in [3.05, 3.63) is 89.2 Å². The number of halogens is 1. The largest absolute Gasteiger partial charge is 0.496 e. The molecule has 1 heterocycles. The van der Waals surface area contributed by atoms with Crippen molar-refractivity contribution in [2.45, 2.75) is 38.5 Å². The molecule has 0 spiro atoms. The van der Waals surface area contributed by atoms with Crippen molar-refractivity contribution in [3.63, 3.8) is 0 Å². The summed E-state index contributed by atoms with van der Waals surface area (Å²) in [5.74, 6) is 2.18. The Kier molecular flexibility index (Phi) is 6.61. The van der Waals surface area contributed by atoms with Gasteiger partial charge in [0, 0.05) is 28.6 Å². The van der Waals surface area contributed by atoms with Crippen molar-refractivity contribution in [3.8, 4) is 16.9 Å². The molecule has 0 aromatic heterocycles. The summed E-state index contributed by atoms with van der Waals surface area (Å²) in [4.78, 5) is 0. The van der Waals surface area contributed by atoms with Crippen molar-refractivity contribution in [2.24, 2.45) is 0 Å². The molecule has 0 unspecified atom stereocenters. The summed E-state index contributed by atoms with van der Waals surface area (Å²) < 4.78 is 19.4.